The van der Waals surface area contributed by atoms with Gasteiger partial charge in [-0.3, -0.25) is 29.5 Å². The average Bonchev–Trinajstić information content (AvgIpc) is 2.84. The summed E-state index contributed by atoms with van der Waals surface area (Å²) in [5, 5.41) is 11.4. The van der Waals surface area contributed by atoms with Crippen LogP contribution in [0, 0.1) is 21.3 Å². The third kappa shape index (κ3) is 2.96. The summed E-state index contributed by atoms with van der Waals surface area (Å²) < 4.78 is 13.5. The van der Waals surface area contributed by atoms with Gasteiger partial charge >= 0.3 is 6.03 Å². The van der Waals surface area contributed by atoms with Gasteiger partial charge in [-0.1, -0.05) is 0 Å². The summed E-state index contributed by atoms with van der Waals surface area (Å²) in [5.41, 5.74) is 0.213. The summed E-state index contributed by atoms with van der Waals surface area (Å²) in [6.07, 6.45) is -0.0674. The van der Waals surface area contributed by atoms with Crippen LogP contribution in [0.3, 0.4) is 0 Å². The van der Waals surface area contributed by atoms with Gasteiger partial charge in [0.25, 0.3) is 5.69 Å². The van der Waals surface area contributed by atoms with Gasteiger partial charge in [0.05, 0.1) is 11.0 Å². The lowest BCUT2D eigenvalue weighted by Crippen LogP contribution is -2.74. The first kappa shape index (κ1) is 21.8. The third-order valence-electron chi connectivity index (χ3n) is 7.14. The predicted molar refractivity (Wildman–Crippen MR) is 120 cm³/mol. The molecule has 2 aromatic rings. The zero-order valence-electron chi connectivity index (χ0n) is 18.6. The normalized spacial score (nSPS) is 21.6. The molecule has 3 aliphatic rings. The van der Waals surface area contributed by atoms with E-state index in [1.54, 1.807) is 18.2 Å². The molecule has 3 aliphatic heterocycles. The van der Waals surface area contributed by atoms with Crippen LogP contribution >= 0.6 is 0 Å². The summed E-state index contributed by atoms with van der Waals surface area (Å²) in [6, 6.07) is 9.09. The number of hydrogen-bond donors (Lipinski definition) is 0. The first-order chi connectivity index (χ1) is 16.1. The molecule has 0 aliphatic carbocycles. The number of hydrogen-bond acceptors (Lipinski definition) is 7. The number of amides is 4. The van der Waals surface area contributed by atoms with Crippen LogP contribution in [0.15, 0.2) is 42.5 Å². The highest BCUT2D eigenvalue weighted by molar-refractivity contribution is 6.20. The molecule has 1 atom stereocenters. The number of rotatable bonds is 2. The lowest BCUT2D eigenvalue weighted by molar-refractivity contribution is -0.384. The second kappa shape index (κ2) is 7.51. The maximum atomic E-state index is 13.7. The van der Waals surface area contributed by atoms with E-state index < -0.39 is 34.2 Å². The molecule has 11 heteroatoms. The van der Waals surface area contributed by atoms with Gasteiger partial charge in [0.15, 0.2) is 5.41 Å². The summed E-state index contributed by atoms with van der Waals surface area (Å²) >= 11 is 0. The van der Waals surface area contributed by atoms with Crippen molar-refractivity contribution in [1.29, 1.82) is 0 Å². The Bertz CT molecular complexity index is 1210. The van der Waals surface area contributed by atoms with Crippen LogP contribution in [0.5, 0.6) is 0 Å². The third-order valence-corrected chi connectivity index (χ3v) is 7.14. The van der Waals surface area contributed by atoms with Gasteiger partial charge in [0.2, 0.25) is 11.8 Å². The number of nitrogens with zero attached hydrogens (tertiary/aromatic N) is 5. The van der Waals surface area contributed by atoms with Crippen LogP contribution in [0.4, 0.5) is 26.2 Å². The lowest BCUT2D eigenvalue weighted by Gasteiger charge is -2.56. The molecule has 1 spiro atoms. The molecule has 2 fully saturated rings. The van der Waals surface area contributed by atoms with E-state index in [1.165, 1.54) is 38.4 Å². The number of benzene rings is 2. The van der Waals surface area contributed by atoms with Crippen molar-refractivity contribution in [3.8, 4) is 0 Å². The van der Waals surface area contributed by atoms with Crippen LogP contribution < -0.4 is 9.80 Å². The van der Waals surface area contributed by atoms with E-state index in [4.69, 9.17) is 0 Å². The van der Waals surface area contributed by atoms with Crippen LogP contribution in [0.2, 0.25) is 0 Å². The fourth-order valence-corrected chi connectivity index (χ4v) is 5.43. The van der Waals surface area contributed by atoms with Crippen molar-refractivity contribution in [2.75, 3.05) is 43.5 Å². The van der Waals surface area contributed by atoms with Gasteiger partial charge < -0.3 is 9.80 Å². The second-order valence-corrected chi connectivity index (χ2v) is 8.86. The number of nitro benzene ring substituents is 1. The number of urea groups is 1. The van der Waals surface area contributed by atoms with E-state index in [0.717, 1.165) is 21.2 Å². The Kier molecular flexibility index (Phi) is 4.81. The summed E-state index contributed by atoms with van der Waals surface area (Å²) in [5.74, 6) is -1.63. The predicted octanol–water partition coefficient (Wildman–Crippen LogP) is 2.02. The van der Waals surface area contributed by atoms with Crippen molar-refractivity contribution in [1.82, 2.24) is 9.80 Å². The minimum absolute atomic E-state index is 0.0674. The van der Waals surface area contributed by atoms with Gasteiger partial charge in [-0.2, -0.15) is 0 Å². The van der Waals surface area contributed by atoms with Crippen molar-refractivity contribution in [3.63, 3.8) is 0 Å². The second-order valence-electron chi connectivity index (χ2n) is 8.86. The number of non-ortho nitro benzene ring substituents is 1. The zero-order chi connectivity index (χ0) is 24.4. The average molecular weight is 467 g/mol. The van der Waals surface area contributed by atoms with Crippen molar-refractivity contribution < 1.29 is 23.7 Å². The molecule has 2 aromatic carbocycles. The van der Waals surface area contributed by atoms with Crippen molar-refractivity contribution >= 4 is 34.9 Å². The molecule has 3 heterocycles. The number of piperazine rings is 1. The molecular formula is C23H22FN5O5. The fourth-order valence-electron chi connectivity index (χ4n) is 5.43. The molecule has 10 nitrogen and oxygen atoms in total. The van der Waals surface area contributed by atoms with E-state index in [0.29, 0.717) is 18.7 Å². The maximum Gasteiger partial charge on any atom is 0.332 e. The molecule has 4 amide bonds. The first-order valence-corrected chi connectivity index (χ1v) is 10.8. The Hall–Kier alpha value is -4.02. The van der Waals surface area contributed by atoms with E-state index in [-0.39, 0.29) is 24.5 Å². The molecule has 0 N–H and O–H groups in total. The molecule has 1 unspecified atom stereocenters. The summed E-state index contributed by atoms with van der Waals surface area (Å²) in [7, 11) is 2.67. The molecule has 176 valence electrons. The molecule has 2 saturated heterocycles. The standard InChI is InChI=1S/C23H22FN5O5/c1-25-20(30)23(21(31)26(2)22(25)32)12-14-11-17(29(33)34)7-8-18(14)28-10-9-27(13-19(23)28)16-5-3-15(24)4-6-16/h3-8,11,19H,9-10,12-13H2,1-2H3. The van der Waals surface area contributed by atoms with E-state index in [2.05, 4.69) is 0 Å². The Balaban J connectivity index is 1.65. The van der Waals surface area contributed by atoms with Crippen molar-refractivity contribution in [2.45, 2.75) is 12.5 Å². The fraction of sp³-hybridized carbons (Fsp3) is 0.348. The number of halogens is 1. The number of barbiturate groups is 1. The topological polar surface area (TPSA) is 107 Å². The Morgan fingerprint density at radius 3 is 2.26 bits per heavy atom. The van der Waals surface area contributed by atoms with E-state index in [1.807, 2.05) is 9.80 Å². The molecule has 5 rings (SSSR count). The Morgan fingerprint density at radius 1 is 1.00 bits per heavy atom. The first-order valence-electron chi connectivity index (χ1n) is 10.8. The summed E-state index contributed by atoms with van der Waals surface area (Å²) in [4.78, 5) is 56.5. The highest BCUT2D eigenvalue weighted by Crippen LogP contribution is 2.47. The minimum atomic E-state index is -1.64. The number of carbonyl (C=O) groups is 3. The molecular weight excluding hydrogens is 445 g/mol. The van der Waals surface area contributed by atoms with Crippen molar-refractivity contribution in [3.05, 3.63) is 64.0 Å². The van der Waals surface area contributed by atoms with Crippen LogP contribution in [0.25, 0.3) is 0 Å². The monoisotopic (exact) mass is 467 g/mol. The Labute approximate surface area is 194 Å². The number of anilines is 2. The molecule has 0 saturated carbocycles. The minimum Gasteiger partial charge on any atom is -0.368 e. The van der Waals surface area contributed by atoms with Gasteiger partial charge in [0, 0.05) is 63.7 Å². The molecule has 0 bridgehead atoms. The van der Waals surface area contributed by atoms with Gasteiger partial charge in [-0.25, -0.2) is 9.18 Å². The van der Waals surface area contributed by atoms with E-state index in [9.17, 15) is 28.9 Å². The molecule has 0 aromatic heterocycles. The maximum absolute atomic E-state index is 13.7. The Morgan fingerprint density at radius 2 is 1.65 bits per heavy atom. The van der Waals surface area contributed by atoms with E-state index >= 15 is 0 Å². The zero-order valence-corrected chi connectivity index (χ0v) is 18.6. The van der Waals surface area contributed by atoms with Crippen molar-refractivity contribution in [2.24, 2.45) is 5.41 Å². The molecule has 34 heavy (non-hydrogen) atoms. The van der Waals surface area contributed by atoms with Crippen LogP contribution in [-0.2, 0) is 16.0 Å². The smallest absolute Gasteiger partial charge is 0.332 e. The SMILES string of the molecule is CN1C(=O)N(C)C(=O)C2(Cc3cc([N+](=O)[O-])ccc3N3CCN(c4ccc(F)cc4)CC32)C1=O. The number of carbonyl (C=O) groups excluding carboxylic acids is 3. The number of nitro groups is 1. The van der Waals surface area contributed by atoms with Gasteiger partial charge in [-0.15, -0.1) is 0 Å². The summed E-state index contributed by atoms with van der Waals surface area (Å²) in [6.45, 7) is 1.23. The highest BCUT2D eigenvalue weighted by atomic mass is 19.1. The largest absolute Gasteiger partial charge is 0.368 e. The highest BCUT2D eigenvalue weighted by Gasteiger charge is 2.64. The van der Waals surface area contributed by atoms with Crippen LogP contribution in [0.1, 0.15) is 5.56 Å². The quantitative estimate of drug-likeness (QED) is 0.378. The van der Waals surface area contributed by atoms with Gasteiger partial charge in [-0.05, 0) is 35.9 Å². The number of fused-ring (bicyclic) bond motifs is 4. The molecule has 0 radical (unpaired) electrons. The number of imide groups is 2. The van der Waals surface area contributed by atoms with Crippen LogP contribution in [-0.4, -0.2) is 72.3 Å². The lowest BCUT2D eigenvalue weighted by atomic mass is 9.67. The van der Waals surface area contributed by atoms with Gasteiger partial charge in [0.1, 0.15) is 5.82 Å².